The third-order valence-electron chi connectivity index (χ3n) is 1.76. The molecule has 1 aliphatic rings. The molecule has 0 saturated carbocycles. The molecule has 1 saturated heterocycles. The van der Waals surface area contributed by atoms with E-state index in [0.717, 1.165) is 0 Å². The van der Waals surface area contributed by atoms with Gasteiger partial charge in [0.05, 0.1) is 13.2 Å². The van der Waals surface area contributed by atoms with Gasteiger partial charge in [0.2, 0.25) is 0 Å². The van der Waals surface area contributed by atoms with Gasteiger partial charge in [0.1, 0.15) is 0 Å². The minimum absolute atomic E-state index is 0.214. The average Bonchev–Trinajstić information content (AvgIpc) is 2.11. The zero-order valence-corrected chi connectivity index (χ0v) is 7.88. The molecule has 1 aliphatic heterocycles. The van der Waals surface area contributed by atoms with Crippen LogP contribution in [0.25, 0.3) is 0 Å². The van der Waals surface area contributed by atoms with Crippen LogP contribution in [0.5, 0.6) is 0 Å². The molecule has 72 valence electrons. The largest absolute Gasteiger partial charge is 0.380 e. The summed E-state index contributed by atoms with van der Waals surface area (Å²) in [6.45, 7) is 3.79. The fraction of sp³-hybridized carbons (Fsp3) is 1.00. The van der Waals surface area contributed by atoms with E-state index < -0.39 is 10.2 Å². The van der Waals surface area contributed by atoms with E-state index in [1.54, 1.807) is 0 Å². The molecule has 2 N–H and O–H groups in total. The van der Waals surface area contributed by atoms with Crippen molar-refractivity contribution < 1.29 is 13.2 Å². The van der Waals surface area contributed by atoms with Crippen molar-refractivity contribution in [1.29, 1.82) is 0 Å². The van der Waals surface area contributed by atoms with E-state index in [9.17, 15) is 8.42 Å². The van der Waals surface area contributed by atoms with E-state index in [1.807, 2.05) is 6.92 Å². The predicted molar refractivity (Wildman–Crippen MR) is 44.7 cm³/mol. The average molecular weight is 194 g/mol. The Balaban J connectivity index is 2.65. The van der Waals surface area contributed by atoms with Gasteiger partial charge in [-0.1, -0.05) is 6.92 Å². The summed E-state index contributed by atoms with van der Waals surface area (Å²) < 4.78 is 28.3. The summed E-state index contributed by atoms with van der Waals surface area (Å²) in [7, 11) is -3.53. The van der Waals surface area contributed by atoms with E-state index in [0.29, 0.717) is 26.3 Å². The molecule has 5 nitrogen and oxygen atoms in total. The topological polar surface area (TPSA) is 72.6 Å². The third-order valence-corrected chi connectivity index (χ3v) is 2.81. The highest BCUT2D eigenvalue weighted by atomic mass is 32.2. The lowest BCUT2D eigenvalue weighted by Gasteiger charge is -2.17. The van der Waals surface area contributed by atoms with Crippen LogP contribution in [0.2, 0.25) is 0 Å². The molecule has 0 amide bonds. The molecule has 1 fully saturated rings. The molecule has 0 radical (unpaired) electrons. The van der Waals surface area contributed by atoms with Crippen LogP contribution in [0.3, 0.4) is 0 Å². The smallest absolute Gasteiger partial charge is 0.276 e. The van der Waals surface area contributed by atoms with Crippen LogP contribution < -0.4 is 5.14 Å². The summed E-state index contributed by atoms with van der Waals surface area (Å²) in [4.78, 5) is 0. The van der Waals surface area contributed by atoms with Gasteiger partial charge >= 0.3 is 0 Å². The van der Waals surface area contributed by atoms with Crippen molar-refractivity contribution in [2.75, 3.05) is 26.3 Å². The van der Waals surface area contributed by atoms with E-state index in [2.05, 4.69) is 0 Å². The van der Waals surface area contributed by atoms with Gasteiger partial charge in [-0.15, -0.1) is 0 Å². The third kappa shape index (κ3) is 2.71. The standard InChI is InChI=1S/C6H14N2O3S/c1-6-4-8(12(7,9)10)2-3-11-5-6/h6H,2-5H2,1H3,(H2,7,9,10). The minimum atomic E-state index is -3.53. The van der Waals surface area contributed by atoms with Crippen LogP contribution in [0, 0.1) is 5.92 Å². The first-order valence-corrected chi connectivity index (χ1v) is 5.36. The van der Waals surface area contributed by atoms with Gasteiger partial charge in [0.25, 0.3) is 10.2 Å². The second-order valence-electron chi connectivity index (χ2n) is 3.08. The van der Waals surface area contributed by atoms with Gasteiger partial charge in [-0.2, -0.15) is 12.7 Å². The Labute approximate surface area is 72.7 Å². The number of nitrogens with zero attached hydrogens (tertiary/aromatic N) is 1. The van der Waals surface area contributed by atoms with Crippen molar-refractivity contribution in [3.8, 4) is 0 Å². The first kappa shape index (κ1) is 9.91. The molecular weight excluding hydrogens is 180 g/mol. The Morgan fingerprint density at radius 2 is 2.25 bits per heavy atom. The molecule has 12 heavy (non-hydrogen) atoms. The monoisotopic (exact) mass is 194 g/mol. The number of hydrogen-bond acceptors (Lipinski definition) is 3. The van der Waals surface area contributed by atoms with Gasteiger partial charge in [-0.3, -0.25) is 0 Å². The van der Waals surface area contributed by atoms with Gasteiger partial charge in [0.15, 0.2) is 0 Å². The Morgan fingerprint density at radius 3 is 2.83 bits per heavy atom. The Morgan fingerprint density at radius 1 is 1.58 bits per heavy atom. The zero-order valence-electron chi connectivity index (χ0n) is 7.06. The van der Waals surface area contributed by atoms with E-state index in [1.165, 1.54) is 4.31 Å². The molecule has 0 aromatic carbocycles. The highest BCUT2D eigenvalue weighted by Gasteiger charge is 2.22. The number of nitrogens with two attached hydrogens (primary N) is 1. The maximum atomic E-state index is 10.9. The van der Waals surface area contributed by atoms with E-state index in [4.69, 9.17) is 9.88 Å². The summed E-state index contributed by atoms with van der Waals surface area (Å²) >= 11 is 0. The SMILES string of the molecule is CC1COCCN(S(N)(=O)=O)C1. The van der Waals surface area contributed by atoms with Crippen molar-refractivity contribution in [1.82, 2.24) is 4.31 Å². The molecule has 0 aromatic heterocycles. The second kappa shape index (κ2) is 3.69. The van der Waals surface area contributed by atoms with Crippen molar-refractivity contribution in [3.05, 3.63) is 0 Å². The summed E-state index contributed by atoms with van der Waals surface area (Å²) in [5.41, 5.74) is 0. The second-order valence-corrected chi connectivity index (χ2v) is 4.63. The summed E-state index contributed by atoms with van der Waals surface area (Å²) in [5, 5.41) is 4.98. The van der Waals surface area contributed by atoms with Crippen LogP contribution >= 0.6 is 0 Å². The summed E-state index contributed by atoms with van der Waals surface area (Å²) in [5.74, 6) is 0.214. The van der Waals surface area contributed by atoms with Crippen LogP contribution in [-0.4, -0.2) is 39.0 Å². The molecule has 0 aromatic rings. The Kier molecular flexibility index (Phi) is 3.05. The lowest BCUT2D eigenvalue weighted by Crippen LogP contribution is -2.39. The van der Waals surface area contributed by atoms with Crippen molar-refractivity contribution in [2.24, 2.45) is 11.1 Å². The molecule has 0 spiro atoms. The van der Waals surface area contributed by atoms with Gasteiger partial charge < -0.3 is 4.74 Å². The predicted octanol–water partition coefficient (Wildman–Crippen LogP) is -0.842. The number of ether oxygens (including phenoxy) is 1. The Bertz CT molecular complexity index is 239. The first-order valence-electron chi connectivity index (χ1n) is 3.86. The normalized spacial score (nSPS) is 28.3. The maximum absolute atomic E-state index is 10.9. The van der Waals surface area contributed by atoms with Crippen LogP contribution in [-0.2, 0) is 14.9 Å². The highest BCUT2D eigenvalue weighted by Crippen LogP contribution is 2.07. The molecule has 1 rings (SSSR count). The van der Waals surface area contributed by atoms with Gasteiger partial charge in [0, 0.05) is 13.1 Å². The molecular formula is C6H14N2O3S. The fourth-order valence-corrected chi connectivity index (χ4v) is 1.96. The summed E-state index contributed by atoms with van der Waals surface area (Å²) in [6.07, 6.45) is 0. The molecule has 1 heterocycles. The van der Waals surface area contributed by atoms with Crippen molar-refractivity contribution >= 4 is 10.2 Å². The molecule has 0 bridgehead atoms. The van der Waals surface area contributed by atoms with Crippen LogP contribution in [0.4, 0.5) is 0 Å². The fourth-order valence-electron chi connectivity index (χ4n) is 1.17. The quantitative estimate of drug-likeness (QED) is 0.591. The van der Waals surface area contributed by atoms with Crippen LogP contribution in [0.1, 0.15) is 6.92 Å². The highest BCUT2D eigenvalue weighted by molar-refractivity contribution is 7.86. The van der Waals surface area contributed by atoms with Crippen LogP contribution in [0.15, 0.2) is 0 Å². The lowest BCUT2D eigenvalue weighted by molar-refractivity contribution is 0.128. The molecule has 1 atom stereocenters. The van der Waals surface area contributed by atoms with Crippen molar-refractivity contribution in [3.63, 3.8) is 0 Å². The molecule has 6 heteroatoms. The first-order chi connectivity index (χ1) is 5.50. The minimum Gasteiger partial charge on any atom is -0.380 e. The molecule has 0 aliphatic carbocycles. The summed E-state index contributed by atoms with van der Waals surface area (Å²) in [6, 6.07) is 0. The van der Waals surface area contributed by atoms with Gasteiger partial charge in [-0.25, -0.2) is 5.14 Å². The maximum Gasteiger partial charge on any atom is 0.276 e. The zero-order chi connectivity index (χ0) is 9.19. The number of hydrogen-bond donors (Lipinski definition) is 1. The van der Waals surface area contributed by atoms with Gasteiger partial charge in [-0.05, 0) is 5.92 Å². The van der Waals surface area contributed by atoms with E-state index in [-0.39, 0.29) is 5.92 Å². The van der Waals surface area contributed by atoms with Crippen molar-refractivity contribution in [2.45, 2.75) is 6.92 Å². The Hall–Kier alpha value is -0.170. The number of rotatable bonds is 1. The molecule has 1 unspecified atom stereocenters. The van der Waals surface area contributed by atoms with E-state index >= 15 is 0 Å². The lowest BCUT2D eigenvalue weighted by atomic mass is 10.2.